The molecule has 124 valence electrons. The molecule has 0 bridgehead atoms. The highest BCUT2D eigenvalue weighted by Crippen LogP contribution is 2.24. The Kier molecular flexibility index (Phi) is 4.41. The van der Waals surface area contributed by atoms with E-state index in [1.807, 2.05) is 58.6 Å². The summed E-state index contributed by atoms with van der Waals surface area (Å²) in [7, 11) is 0. The molecular weight excluding hydrogens is 352 g/mol. The number of aromatic nitrogens is 3. The third-order valence-electron chi connectivity index (χ3n) is 3.60. The van der Waals surface area contributed by atoms with E-state index in [0.29, 0.717) is 23.9 Å². The molecule has 0 atom stereocenters. The summed E-state index contributed by atoms with van der Waals surface area (Å²) in [6, 6.07) is 15.7. The Balaban J connectivity index is 1.67. The molecule has 5 nitrogen and oxygen atoms in total. The van der Waals surface area contributed by atoms with E-state index in [0.717, 1.165) is 10.4 Å². The minimum atomic E-state index is -0.188. The number of hydrogen-bond acceptors (Lipinski definition) is 6. The average Bonchev–Trinajstić information content (AvgIpc) is 3.41. The van der Waals surface area contributed by atoms with Crippen LogP contribution < -0.4 is 5.32 Å². The Labute approximate surface area is 152 Å². The lowest BCUT2D eigenvalue weighted by Crippen LogP contribution is -2.17. The zero-order valence-electron chi connectivity index (χ0n) is 13.1. The second-order valence-corrected chi connectivity index (χ2v) is 7.03. The van der Waals surface area contributed by atoms with Gasteiger partial charge in [0.1, 0.15) is 0 Å². The van der Waals surface area contributed by atoms with Crippen LogP contribution >= 0.6 is 22.7 Å². The van der Waals surface area contributed by atoms with Gasteiger partial charge >= 0.3 is 0 Å². The number of anilines is 1. The lowest BCUT2D eigenvalue weighted by atomic mass is 10.2. The van der Waals surface area contributed by atoms with Gasteiger partial charge in [-0.2, -0.15) is 21.0 Å². The lowest BCUT2D eigenvalue weighted by molar-refractivity contribution is 0.0948. The summed E-state index contributed by atoms with van der Waals surface area (Å²) in [4.78, 5) is 18.2. The van der Waals surface area contributed by atoms with Crippen molar-refractivity contribution in [2.24, 2.45) is 0 Å². The van der Waals surface area contributed by atoms with Crippen LogP contribution in [0, 0.1) is 0 Å². The molecule has 1 N–H and O–H groups in total. The highest BCUT2D eigenvalue weighted by molar-refractivity contribution is 7.13. The van der Waals surface area contributed by atoms with Crippen LogP contribution in [0.25, 0.3) is 10.7 Å². The number of rotatable bonds is 5. The maximum absolute atomic E-state index is 12.8. The van der Waals surface area contributed by atoms with Gasteiger partial charge in [-0.1, -0.05) is 36.4 Å². The topological polar surface area (TPSA) is 59.8 Å². The summed E-state index contributed by atoms with van der Waals surface area (Å²) in [5, 5.41) is 13.3. The van der Waals surface area contributed by atoms with E-state index in [1.54, 1.807) is 17.4 Å². The molecule has 3 heterocycles. The van der Waals surface area contributed by atoms with Gasteiger partial charge in [-0.05, 0) is 28.5 Å². The summed E-state index contributed by atoms with van der Waals surface area (Å²) in [6.07, 6.45) is 0. The Morgan fingerprint density at radius 2 is 1.96 bits per heavy atom. The van der Waals surface area contributed by atoms with E-state index in [-0.39, 0.29) is 5.91 Å². The van der Waals surface area contributed by atoms with Crippen molar-refractivity contribution in [2.75, 3.05) is 5.32 Å². The van der Waals surface area contributed by atoms with Crippen LogP contribution in [0.2, 0.25) is 0 Å². The fourth-order valence-corrected chi connectivity index (χ4v) is 3.65. The highest BCUT2D eigenvalue weighted by Gasteiger charge is 2.19. The van der Waals surface area contributed by atoms with Crippen molar-refractivity contribution >= 4 is 34.5 Å². The van der Waals surface area contributed by atoms with E-state index in [2.05, 4.69) is 15.4 Å². The molecule has 0 unspecified atom stereocenters. The minimum Gasteiger partial charge on any atom is -0.350 e. The molecule has 4 rings (SSSR count). The van der Waals surface area contributed by atoms with E-state index in [4.69, 9.17) is 0 Å². The van der Waals surface area contributed by atoms with E-state index >= 15 is 0 Å². The summed E-state index contributed by atoms with van der Waals surface area (Å²) in [5.74, 6) is 0.810. The SMILES string of the molecule is O=C(c1ccsc1)n1nc(-c2cccs2)nc1NCc1ccccc1. The lowest BCUT2D eigenvalue weighted by Gasteiger charge is -2.06. The number of carbonyl (C=O) groups excluding carboxylic acids is 1. The van der Waals surface area contributed by atoms with Crippen molar-refractivity contribution in [3.05, 3.63) is 75.8 Å². The van der Waals surface area contributed by atoms with E-state index in [1.165, 1.54) is 16.0 Å². The van der Waals surface area contributed by atoms with Gasteiger partial charge in [0.05, 0.1) is 10.4 Å². The van der Waals surface area contributed by atoms with Gasteiger partial charge in [-0.15, -0.1) is 16.4 Å². The molecule has 0 radical (unpaired) electrons. The van der Waals surface area contributed by atoms with Crippen molar-refractivity contribution in [3.8, 4) is 10.7 Å². The van der Waals surface area contributed by atoms with Gasteiger partial charge < -0.3 is 5.32 Å². The van der Waals surface area contributed by atoms with Crippen LogP contribution in [0.15, 0.2) is 64.7 Å². The van der Waals surface area contributed by atoms with Gasteiger partial charge in [0.25, 0.3) is 5.91 Å². The van der Waals surface area contributed by atoms with E-state index in [9.17, 15) is 4.79 Å². The fraction of sp³-hybridized carbons (Fsp3) is 0.0556. The second-order valence-electron chi connectivity index (χ2n) is 5.30. The van der Waals surface area contributed by atoms with Crippen molar-refractivity contribution in [2.45, 2.75) is 6.54 Å². The van der Waals surface area contributed by atoms with Crippen LogP contribution in [-0.4, -0.2) is 20.7 Å². The number of nitrogens with zero attached hydrogens (tertiary/aromatic N) is 3. The molecule has 7 heteroatoms. The molecule has 0 saturated carbocycles. The number of hydrogen-bond donors (Lipinski definition) is 1. The van der Waals surface area contributed by atoms with Gasteiger partial charge in [-0.3, -0.25) is 4.79 Å². The molecule has 0 aliphatic heterocycles. The summed E-state index contributed by atoms with van der Waals surface area (Å²) < 4.78 is 1.35. The first-order chi connectivity index (χ1) is 12.3. The summed E-state index contributed by atoms with van der Waals surface area (Å²) in [5.41, 5.74) is 1.72. The van der Waals surface area contributed by atoms with Crippen molar-refractivity contribution < 1.29 is 4.79 Å². The zero-order valence-corrected chi connectivity index (χ0v) is 14.8. The monoisotopic (exact) mass is 366 g/mol. The van der Waals surface area contributed by atoms with Crippen LogP contribution in [0.3, 0.4) is 0 Å². The van der Waals surface area contributed by atoms with Crippen LogP contribution in [-0.2, 0) is 6.54 Å². The smallest absolute Gasteiger partial charge is 0.282 e. The number of nitrogens with one attached hydrogen (secondary N) is 1. The van der Waals surface area contributed by atoms with E-state index < -0.39 is 0 Å². The molecule has 0 saturated heterocycles. The molecular formula is C18H14N4OS2. The summed E-state index contributed by atoms with van der Waals surface area (Å²) in [6.45, 7) is 0.570. The Hall–Kier alpha value is -2.77. The molecule has 0 aliphatic carbocycles. The van der Waals surface area contributed by atoms with Gasteiger partial charge in [0.15, 0.2) is 5.82 Å². The standard InChI is InChI=1S/C18H14N4OS2/c23-17(14-8-10-24-12-14)22-18(19-11-13-5-2-1-3-6-13)20-16(21-22)15-7-4-9-25-15/h1-10,12H,11H2,(H,19,20,21). The van der Waals surface area contributed by atoms with Crippen molar-refractivity contribution in [1.29, 1.82) is 0 Å². The summed E-state index contributed by atoms with van der Waals surface area (Å²) >= 11 is 3.03. The third kappa shape index (κ3) is 3.38. The third-order valence-corrected chi connectivity index (χ3v) is 5.15. The van der Waals surface area contributed by atoms with Crippen molar-refractivity contribution in [1.82, 2.24) is 14.8 Å². The van der Waals surface area contributed by atoms with Crippen LogP contribution in [0.4, 0.5) is 5.95 Å². The molecule has 0 spiro atoms. The molecule has 3 aromatic heterocycles. The average molecular weight is 366 g/mol. The van der Waals surface area contributed by atoms with Gasteiger partial charge in [-0.25, -0.2) is 0 Å². The molecule has 0 fully saturated rings. The molecule has 25 heavy (non-hydrogen) atoms. The second kappa shape index (κ2) is 7.00. The number of carbonyl (C=O) groups is 1. The maximum Gasteiger partial charge on any atom is 0.282 e. The first kappa shape index (κ1) is 15.7. The Morgan fingerprint density at radius 1 is 1.08 bits per heavy atom. The zero-order chi connectivity index (χ0) is 17.1. The van der Waals surface area contributed by atoms with Gasteiger partial charge in [0, 0.05) is 11.9 Å². The van der Waals surface area contributed by atoms with Crippen LogP contribution in [0.1, 0.15) is 15.9 Å². The predicted molar refractivity (Wildman–Crippen MR) is 101 cm³/mol. The number of thiophene rings is 2. The normalized spacial score (nSPS) is 10.7. The maximum atomic E-state index is 12.8. The minimum absolute atomic E-state index is 0.188. The first-order valence-corrected chi connectivity index (χ1v) is 9.49. The Morgan fingerprint density at radius 3 is 2.68 bits per heavy atom. The number of benzene rings is 1. The first-order valence-electron chi connectivity index (χ1n) is 7.67. The van der Waals surface area contributed by atoms with Gasteiger partial charge in [0.2, 0.25) is 5.95 Å². The quantitative estimate of drug-likeness (QED) is 0.570. The molecule has 0 aliphatic rings. The molecule has 0 amide bonds. The predicted octanol–water partition coefficient (Wildman–Crippen LogP) is 4.37. The molecule has 1 aromatic carbocycles. The largest absolute Gasteiger partial charge is 0.350 e. The molecule has 4 aromatic rings. The fourth-order valence-electron chi connectivity index (χ4n) is 2.36. The highest BCUT2D eigenvalue weighted by atomic mass is 32.1. The van der Waals surface area contributed by atoms with Crippen molar-refractivity contribution in [3.63, 3.8) is 0 Å². The van der Waals surface area contributed by atoms with Crippen LogP contribution in [0.5, 0.6) is 0 Å². The Bertz CT molecular complexity index is 960.